The van der Waals surface area contributed by atoms with Crippen LogP contribution in [0.4, 0.5) is 18.9 Å². The van der Waals surface area contributed by atoms with Gasteiger partial charge in [-0.05, 0) is 65.2 Å². The van der Waals surface area contributed by atoms with Crippen molar-refractivity contribution in [1.82, 2.24) is 14.8 Å². The molecular weight excluding hydrogens is 561 g/mol. The van der Waals surface area contributed by atoms with Crippen LogP contribution in [0.5, 0.6) is 23.1 Å². The highest BCUT2D eigenvalue weighted by Crippen LogP contribution is 2.34. The number of carbonyl (C=O) groups is 1. The maximum absolute atomic E-state index is 12.7. The first-order valence-corrected chi connectivity index (χ1v) is 13.8. The molecule has 1 amide bonds. The second kappa shape index (κ2) is 12.2. The van der Waals surface area contributed by atoms with Crippen molar-refractivity contribution in [2.45, 2.75) is 25.3 Å². The molecule has 0 spiro atoms. The van der Waals surface area contributed by atoms with Crippen molar-refractivity contribution in [3.63, 3.8) is 0 Å². The standard InChI is InChI=1S/C32H29F3N4O4/c33-32(34,35)25-5-7-26(8-6-25)36-16-23-2-12-31(37-17-23)43-27-9-3-24(4-10-27)28-19-38(13-14-39(28)20-40)18-22-1-11-29-30(15-22)42-21-41-29/h1-12,15,17,20,28,36H,13-14,16,18-19,21H2. The Labute approximate surface area is 246 Å². The molecular formula is C32H29F3N4O4. The normalized spacial score (nSPS) is 16.6. The third-order valence-corrected chi connectivity index (χ3v) is 7.48. The molecule has 11 heteroatoms. The summed E-state index contributed by atoms with van der Waals surface area (Å²) in [5, 5.41) is 3.09. The highest BCUT2D eigenvalue weighted by atomic mass is 19.4. The molecule has 0 aliphatic carbocycles. The monoisotopic (exact) mass is 590 g/mol. The Morgan fingerprint density at radius 1 is 0.930 bits per heavy atom. The van der Waals surface area contributed by atoms with Crippen LogP contribution in [0.1, 0.15) is 28.3 Å². The molecule has 222 valence electrons. The van der Waals surface area contributed by atoms with Crippen LogP contribution in [0, 0.1) is 0 Å². The number of piperazine rings is 1. The molecule has 43 heavy (non-hydrogen) atoms. The van der Waals surface area contributed by atoms with E-state index >= 15 is 0 Å². The number of nitrogens with one attached hydrogen (secondary N) is 1. The van der Waals surface area contributed by atoms with E-state index in [4.69, 9.17) is 14.2 Å². The molecule has 1 saturated heterocycles. The van der Waals surface area contributed by atoms with Crippen molar-refractivity contribution >= 4 is 12.1 Å². The average Bonchev–Trinajstić information content (AvgIpc) is 3.49. The second-order valence-corrected chi connectivity index (χ2v) is 10.4. The third-order valence-electron chi connectivity index (χ3n) is 7.48. The summed E-state index contributed by atoms with van der Waals surface area (Å²) in [7, 11) is 0. The smallest absolute Gasteiger partial charge is 0.416 e. The van der Waals surface area contributed by atoms with E-state index in [-0.39, 0.29) is 12.8 Å². The SMILES string of the molecule is O=CN1CCN(Cc2ccc3c(c2)OCO3)CC1c1ccc(Oc2ccc(CNc3ccc(C(F)(F)F)cc3)cn2)cc1. The predicted octanol–water partition coefficient (Wildman–Crippen LogP) is 6.25. The number of anilines is 1. The molecule has 0 radical (unpaired) electrons. The van der Waals surface area contributed by atoms with Crippen LogP contribution in [-0.2, 0) is 24.1 Å². The van der Waals surface area contributed by atoms with Gasteiger partial charge in [-0.2, -0.15) is 13.2 Å². The summed E-state index contributed by atoms with van der Waals surface area (Å²) in [4.78, 5) is 20.3. The van der Waals surface area contributed by atoms with Crippen molar-refractivity contribution in [3.8, 4) is 23.1 Å². The van der Waals surface area contributed by atoms with Crippen molar-refractivity contribution in [2.24, 2.45) is 0 Å². The van der Waals surface area contributed by atoms with E-state index in [0.717, 1.165) is 59.8 Å². The number of fused-ring (bicyclic) bond motifs is 1. The van der Waals surface area contributed by atoms with Gasteiger partial charge in [0.1, 0.15) is 5.75 Å². The Morgan fingerprint density at radius 3 is 2.42 bits per heavy atom. The maximum Gasteiger partial charge on any atom is 0.416 e. The number of nitrogens with zero attached hydrogens (tertiary/aromatic N) is 3. The lowest BCUT2D eigenvalue weighted by Crippen LogP contribution is -2.47. The average molecular weight is 591 g/mol. The summed E-state index contributed by atoms with van der Waals surface area (Å²) in [5.41, 5.74) is 2.87. The first-order chi connectivity index (χ1) is 20.8. The topological polar surface area (TPSA) is 76.2 Å². The zero-order chi connectivity index (χ0) is 29.8. The van der Waals surface area contributed by atoms with Gasteiger partial charge in [0.15, 0.2) is 11.5 Å². The molecule has 1 N–H and O–H groups in total. The molecule has 4 aromatic rings. The number of carbonyl (C=O) groups excluding carboxylic acids is 1. The van der Waals surface area contributed by atoms with Gasteiger partial charge >= 0.3 is 6.18 Å². The third kappa shape index (κ3) is 6.83. The van der Waals surface area contributed by atoms with Gasteiger partial charge in [0.2, 0.25) is 19.1 Å². The predicted molar refractivity (Wildman–Crippen MR) is 153 cm³/mol. The molecule has 2 aliphatic rings. The Kier molecular flexibility index (Phi) is 8.06. The summed E-state index contributed by atoms with van der Waals surface area (Å²) >= 11 is 0. The lowest BCUT2D eigenvalue weighted by Gasteiger charge is -2.39. The highest BCUT2D eigenvalue weighted by Gasteiger charge is 2.30. The number of pyridine rings is 1. The fourth-order valence-electron chi connectivity index (χ4n) is 5.15. The number of hydrogen-bond donors (Lipinski definition) is 1. The fraction of sp³-hybridized carbons (Fsp3) is 0.250. The van der Waals surface area contributed by atoms with Crippen molar-refractivity contribution in [1.29, 1.82) is 0 Å². The molecule has 2 aliphatic heterocycles. The largest absolute Gasteiger partial charge is 0.454 e. The highest BCUT2D eigenvalue weighted by molar-refractivity contribution is 5.50. The number of amides is 1. The van der Waals surface area contributed by atoms with E-state index < -0.39 is 11.7 Å². The molecule has 1 fully saturated rings. The zero-order valence-corrected chi connectivity index (χ0v) is 23.1. The van der Waals surface area contributed by atoms with Crippen LogP contribution in [-0.4, -0.2) is 47.6 Å². The summed E-state index contributed by atoms with van der Waals surface area (Å²) in [6, 6.07) is 22.0. The van der Waals surface area contributed by atoms with Gasteiger partial charge in [-0.25, -0.2) is 4.98 Å². The lowest BCUT2D eigenvalue weighted by molar-refractivity contribution is -0.137. The van der Waals surface area contributed by atoms with E-state index in [1.54, 1.807) is 12.3 Å². The first kappa shape index (κ1) is 28.4. The van der Waals surface area contributed by atoms with Gasteiger partial charge in [-0.15, -0.1) is 0 Å². The minimum absolute atomic E-state index is 0.0936. The molecule has 6 rings (SSSR count). The van der Waals surface area contributed by atoms with E-state index in [2.05, 4.69) is 15.2 Å². The maximum atomic E-state index is 12.7. The number of alkyl halides is 3. The summed E-state index contributed by atoms with van der Waals surface area (Å²) < 4.78 is 55.1. The number of aromatic nitrogens is 1. The molecule has 3 aromatic carbocycles. The summed E-state index contributed by atoms with van der Waals surface area (Å²) in [6.45, 7) is 3.46. The van der Waals surface area contributed by atoms with E-state index in [1.165, 1.54) is 12.1 Å². The van der Waals surface area contributed by atoms with Gasteiger partial charge in [-0.3, -0.25) is 9.69 Å². The van der Waals surface area contributed by atoms with E-state index in [0.29, 0.717) is 37.0 Å². The summed E-state index contributed by atoms with van der Waals surface area (Å²) in [6.07, 6.45) is -1.80. The number of benzene rings is 3. The Morgan fingerprint density at radius 2 is 1.70 bits per heavy atom. The van der Waals surface area contributed by atoms with Crippen LogP contribution >= 0.6 is 0 Å². The Hall–Kier alpha value is -4.77. The van der Waals surface area contributed by atoms with Gasteiger partial charge in [0.25, 0.3) is 0 Å². The number of rotatable bonds is 9. The van der Waals surface area contributed by atoms with Crippen LogP contribution in [0.15, 0.2) is 85.1 Å². The molecule has 1 unspecified atom stereocenters. The lowest BCUT2D eigenvalue weighted by atomic mass is 10.0. The van der Waals surface area contributed by atoms with Crippen LogP contribution in [0.25, 0.3) is 0 Å². The molecule has 0 saturated carbocycles. The van der Waals surface area contributed by atoms with Crippen LogP contribution < -0.4 is 19.5 Å². The number of ether oxygens (including phenoxy) is 3. The first-order valence-electron chi connectivity index (χ1n) is 13.8. The van der Waals surface area contributed by atoms with Gasteiger partial charge in [-0.1, -0.05) is 24.3 Å². The zero-order valence-electron chi connectivity index (χ0n) is 23.1. The fourth-order valence-corrected chi connectivity index (χ4v) is 5.15. The van der Waals surface area contributed by atoms with Crippen molar-refractivity contribution in [2.75, 3.05) is 31.7 Å². The van der Waals surface area contributed by atoms with Crippen molar-refractivity contribution in [3.05, 3.63) is 107 Å². The van der Waals surface area contributed by atoms with Gasteiger partial charge in [0, 0.05) is 50.7 Å². The molecule has 8 nitrogen and oxygen atoms in total. The van der Waals surface area contributed by atoms with Gasteiger partial charge < -0.3 is 24.4 Å². The van der Waals surface area contributed by atoms with Crippen molar-refractivity contribution < 1.29 is 32.2 Å². The Bertz CT molecular complexity index is 1550. The molecule has 1 aromatic heterocycles. The quantitative estimate of drug-likeness (QED) is 0.231. The van der Waals surface area contributed by atoms with E-state index in [9.17, 15) is 18.0 Å². The summed E-state index contributed by atoms with van der Waals surface area (Å²) in [5.74, 6) is 2.54. The minimum atomic E-state index is -4.36. The Balaban J connectivity index is 1.04. The molecule has 1 atom stereocenters. The molecule has 0 bridgehead atoms. The number of halogens is 3. The van der Waals surface area contributed by atoms with E-state index in [1.807, 2.05) is 53.4 Å². The second-order valence-electron chi connectivity index (χ2n) is 10.4. The van der Waals surface area contributed by atoms with Gasteiger partial charge in [0.05, 0.1) is 11.6 Å². The minimum Gasteiger partial charge on any atom is -0.454 e. The molecule has 3 heterocycles. The van der Waals surface area contributed by atoms with Crippen LogP contribution in [0.2, 0.25) is 0 Å². The number of hydrogen-bond acceptors (Lipinski definition) is 7. The van der Waals surface area contributed by atoms with Crippen LogP contribution in [0.3, 0.4) is 0 Å².